The van der Waals surface area contributed by atoms with Crippen LogP contribution < -0.4 is 4.90 Å². The molecule has 3 rings (SSSR count). The molecule has 1 aromatic heterocycles. The molecule has 3 heterocycles. The minimum absolute atomic E-state index is 0.00314. The maximum atomic E-state index is 14.4. The first kappa shape index (κ1) is 14.6. The van der Waals surface area contributed by atoms with Crippen LogP contribution in [-0.4, -0.2) is 71.5 Å². The van der Waals surface area contributed by atoms with Crippen LogP contribution in [0.2, 0.25) is 0 Å². The average molecular weight is 296 g/mol. The normalized spacial score (nSPS) is 26.7. The smallest absolute Gasteiger partial charge is 0.187 e. The summed E-state index contributed by atoms with van der Waals surface area (Å²) >= 11 is 0. The van der Waals surface area contributed by atoms with Crippen molar-refractivity contribution in [1.29, 1.82) is 0 Å². The second-order valence-corrected chi connectivity index (χ2v) is 5.66. The van der Waals surface area contributed by atoms with E-state index >= 15 is 0 Å². The number of piperazine rings is 1. The van der Waals surface area contributed by atoms with Crippen molar-refractivity contribution in [2.45, 2.75) is 18.9 Å². The van der Waals surface area contributed by atoms with Crippen molar-refractivity contribution in [2.24, 2.45) is 0 Å². The number of anilines is 1. The molecule has 1 aromatic rings. The van der Waals surface area contributed by atoms with Crippen molar-refractivity contribution in [1.82, 2.24) is 14.9 Å². The molecule has 0 aromatic carbocycles. The zero-order valence-corrected chi connectivity index (χ0v) is 12.3. The highest BCUT2D eigenvalue weighted by Crippen LogP contribution is 2.29. The first-order chi connectivity index (χ1) is 10.2. The fourth-order valence-electron chi connectivity index (χ4n) is 3.17. The third-order valence-corrected chi connectivity index (χ3v) is 4.44. The molecule has 0 radical (unpaired) electrons. The fraction of sp³-hybridized carbons (Fsp3) is 0.714. The zero-order chi connectivity index (χ0) is 14.9. The van der Waals surface area contributed by atoms with Crippen molar-refractivity contribution in [3.8, 4) is 0 Å². The lowest BCUT2D eigenvalue weighted by Gasteiger charge is -2.52. The molecule has 7 heteroatoms. The SMILES string of the molecule is CCc1ncnc(N2CCN3CCOCC3(CO)C2)c1F. The third-order valence-electron chi connectivity index (χ3n) is 4.44. The molecule has 0 amide bonds. The number of nitrogens with zero attached hydrogens (tertiary/aromatic N) is 4. The minimum atomic E-state index is -0.458. The molecular weight excluding hydrogens is 275 g/mol. The molecule has 1 N–H and O–H groups in total. The number of aromatic nitrogens is 2. The van der Waals surface area contributed by atoms with Gasteiger partial charge < -0.3 is 14.7 Å². The van der Waals surface area contributed by atoms with Crippen molar-refractivity contribution in [2.75, 3.05) is 50.9 Å². The highest BCUT2D eigenvalue weighted by molar-refractivity contribution is 5.42. The summed E-state index contributed by atoms with van der Waals surface area (Å²) in [5.74, 6) is -0.0156. The van der Waals surface area contributed by atoms with Crippen LogP contribution in [0.1, 0.15) is 12.6 Å². The number of rotatable bonds is 3. The Morgan fingerprint density at radius 3 is 3.00 bits per heavy atom. The second kappa shape index (κ2) is 5.82. The maximum absolute atomic E-state index is 14.4. The number of fused-ring (bicyclic) bond motifs is 1. The van der Waals surface area contributed by atoms with E-state index in [1.54, 1.807) is 0 Å². The van der Waals surface area contributed by atoms with Crippen LogP contribution in [0.15, 0.2) is 6.33 Å². The molecule has 0 saturated carbocycles. The predicted molar refractivity (Wildman–Crippen MR) is 75.8 cm³/mol. The lowest BCUT2D eigenvalue weighted by molar-refractivity contribution is -0.0952. The Morgan fingerprint density at radius 1 is 1.38 bits per heavy atom. The average Bonchev–Trinajstić information content (AvgIpc) is 2.54. The molecule has 21 heavy (non-hydrogen) atoms. The van der Waals surface area contributed by atoms with Gasteiger partial charge in [0.25, 0.3) is 0 Å². The van der Waals surface area contributed by atoms with Gasteiger partial charge in [0.1, 0.15) is 6.33 Å². The molecule has 2 fully saturated rings. The van der Waals surface area contributed by atoms with Crippen molar-refractivity contribution in [3.63, 3.8) is 0 Å². The van der Waals surface area contributed by atoms with Gasteiger partial charge in [0.2, 0.25) is 0 Å². The van der Waals surface area contributed by atoms with Gasteiger partial charge in [0, 0.05) is 26.2 Å². The van der Waals surface area contributed by atoms with E-state index in [0.29, 0.717) is 44.2 Å². The van der Waals surface area contributed by atoms with E-state index in [0.717, 1.165) is 13.1 Å². The Kier molecular flexibility index (Phi) is 4.05. The van der Waals surface area contributed by atoms with Gasteiger partial charge in [-0.1, -0.05) is 6.92 Å². The Hall–Kier alpha value is -1.31. The highest BCUT2D eigenvalue weighted by atomic mass is 19.1. The van der Waals surface area contributed by atoms with E-state index in [2.05, 4.69) is 14.9 Å². The first-order valence-corrected chi connectivity index (χ1v) is 7.38. The largest absolute Gasteiger partial charge is 0.394 e. The quantitative estimate of drug-likeness (QED) is 0.851. The molecule has 1 unspecified atom stereocenters. The number of hydrogen-bond acceptors (Lipinski definition) is 6. The van der Waals surface area contributed by atoms with Gasteiger partial charge >= 0.3 is 0 Å². The summed E-state index contributed by atoms with van der Waals surface area (Å²) < 4.78 is 20.0. The number of morpholine rings is 1. The van der Waals surface area contributed by atoms with Crippen LogP contribution in [0.25, 0.3) is 0 Å². The molecule has 2 saturated heterocycles. The highest BCUT2D eigenvalue weighted by Gasteiger charge is 2.44. The van der Waals surface area contributed by atoms with Gasteiger partial charge in [-0.3, -0.25) is 4.90 Å². The number of halogens is 1. The Labute approximate surface area is 123 Å². The molecule has 0 bridgehead atoms. The summed E-state index contributed by atoms with van der Waals surface area (Å²) in [6.07, 6.45) is 1.95. The monoisotopic (exact) mass is 296 g/mol. The van der Waals surface area contributed by atoms with Crippen LogP contribution in [0.4, 0.5) is 10.2 Å². The van der Waals surface area contributed by atoms with E-state index in [1.807, 2.05) is 11.8 Å². The van der Waals surface area contributed by atoms with Crippen molar-refractivity contribution >= 4 is 5.82 Å². The molecule has 2 aliphatic heterocycles. The molecule has 0 aliphatic carbocycles. The van der Waals surface area contributed by atoms with E-state index < -0.39 is 5.54 Å². The van der Waals surface area contributed by atoms with E-state index in [1.165, 1.54) is 6.33 Å². The summed E-state index contributed by atoms with van der Waals surface area (Å²) in [6.45, 7) is 5.81. The molecule has 116 valence electrons. The van der Waals surface area contributed by atoms with Crippen LogP contribution in [-0.2, 0) is 11.2 Å². The number of hydrogen-bond donors (Lipinski definition) is 1. The van der Waals surface area contributed by atoms with Crippen LogP contribution in [0.5, 0.6) is 0 Å². The molecular formula is C14H21FN4O2. The predicted octanol–water partition coefficient (Wildman–Crippen LogP) is 0.0614. The Bertz CT molecular complexity index is 516. The van der Waals surface area contributed by atoms with Crippen molar-refractivity contribution in [3.05, 3.63) is 17.8 Å². The van der Waals surface area contributed by atoms with Crippen molar-refractivity contribution < 1.29 is 14.2 Å². The number of ether oxygens (including phenoxy) is 1. The summed E-state index contributed by atoms with van der Waals surface area (Å²) in [5.41, 5.74) is -0.0272. The standard InChI is InChI=1S/C14H21FN4O2/c1-2-11-12(15)13(17-10-16-11)18-3-4-19-5-6-21-9-14(19,7-18)8-20/h10,20H,2-9H2,1H3. The summed E-state index contributed by atoms with van der Waals surface area (Å²) in [6, 6.07) is 0. The molecule has 2 aliphatic rings. The van der Waals surface area contributed by atoms with Gasteiger partial charge in [-0.05, 0) is 6.42 Å². The van der Waals surface area contributed by atoms with Crippen LogP contribution in [0, 0.1) is 5.82 Å². The van der Waals surface area contributed by atoms with Gasteiger partial charge in [0.15, 0.2) is 11.6 Å². The van der Waals surface area contributed by atoms with Gasteiger partial charge in [-0.15, -0.1) is 0 Å². The summed E-state index contributed by atoms with van der Waals surface area (Å²) in [5, 5.41) is 9.84. The molecule has 0 spiro atoms. The Morgan fingerprint density at radius 2 is 2.24 bits per heavy atom. The molecule has 6 nitrogen and oxygen atoms in total. The Balaban J connectivity index is 1.87. The van der Waals surface area contributed by atoms with E-state index in [9.17, 15) is 9.50 Å². The lowest BCUT2D eigenvalue weighted by atomic mass is 9.94. The second-order valence-electron chi connectivity index (χ2n) is 5.66. The topological polar surface area (TPSA) is 61.7 Å². The lowest BCUT2D eigenvalue weighted by Crippen LogP contribution is -2.69. The number of aryl methyl sites for hydroxylation is 1. The van der Waals surface area contributed by atoms with E-state index in [4.69, 9.17) is 4.74 Å². The van der Waals surface area contributed by atoms with Gasteiger partial charge in [-0.2, -0.15) is 0 Å². The van der Waals surface area contributed by atoms with Crippen LogP contribution in [0.3, 0.4) is 0 Å². The minimum Gasteiger partial charge on any atom is -0.394 e. The first-order valence-electron chi connectivity index (χ1n) is 7.38. The van der Waals surface area contributed by atoms with Gasteiger partial charge in [0.05, 0.1) is 31.1 Å². The fourth-order valence-corrected chi connectivity index (χ4v) is 3.17. The van der Waals surface area contributed by atoms with Gasteiger partial charge in [-0.25, -0.2) is 14.4 Å². The number of aliphatic hydroxyl groups excluding tert-OH is 1. The number of aliphatic hydroxyl groups is 1. The van der Waals surface area contributed by atoms with E-state index in [-0.39, 0.29) is 12.4 Å². The summed E-state index contributed by atoms with van der Waals surface area (Å²) in [7, 11) is 0. The zero-order valence-electron chi connectivity index (χ0n) is 12.3. The molecule has 1 atom stereocenters. The third kappa shape index (κ3) is 2.49. The maximum Gasteiger partial charge on any atom is 0.187 e. The van der Waals surface area contributed by atoms with Crippen LogP contribution >= 0.6 is 0 Å². The summed E-state index contributed by atoms with van der Waals surface area (Å²) in [4.78, 5) is 12.2.